The van der Waals surface area contributed by atoms with Crippen molar-refractivity contribution in [2.24, 2.45) is 11.8 Å². The van der Waals surface area contributed by atoms with Crippen LogP contribution in [0.5, 0.6) is 0 Å². The smallest absolute Gasteiger partial charge is 0.230 e. The molecule has 0 radical (unpaired) electrons. The molecule has 6 heteroatoms. The molecule has 1 aliphatic carbocycles. The van der Waals surface area contributed by atoms with Crippen LogP contribution in [0.1, 0.15) is 38.0 Å². The van der Waals surface area contributed by atoms with Crippen molar-refractivity contribution in [2.45, 2.75) is 32.1 Å². The Hall–Kier alpha value is -2.21. The van der Waals surface area contributed by atoms with Crippen LogP contribution >= 0.6 is 0 Å². The molecule has 126 valence electrons. The van der Waals surface area contributed by atoms with E-state index in [1.165, 1.54) is 6.42 Å². The van der Waals surface area contributed by atoms with Crippen molar-refractivity contribution in [3.8, 4) is 11.4 Å². The molecule has 1 aromatic carbocycles. The van der Waals surface area contributed by atoms with Crippen LogP contribution < -0.4 is 10.6 Å². The van der Waals surface area contributed by atoms with Crippen LogP contribution in [0.25, 0.3) is 11.4 Å². The number of hydrogen-bond donors (Lipinski definition) is 2. The van der Waals surface area contributed by atoms with Gasteiger partial charge in [-0.2, -0.15) is 4.98 Å². The number of carbonyl (C=O) groups excluding carboxylic acids is 1. The normalized spacial score (nSPS) is 25.6. The number of hydrogen-bond acceptors (Lipinski definition) is 5. The average molecular weight is 326 g/mol. The lowest BCUT2D eigenvalue weighted by Gasteiger charge is -2.20. The lowest BCUT2D eigenvalue weighted by Crippen LogP contribution is -2.31. The Morgan fingerprint density at radius 1 is 1.29 bits per heavy atom. The number of piperidine rings is 1. The predicted octanol–water partition coefficient (Wildman–Crippen LogP) is 2.80. The van der Waals surface area contributed by atoms with Crippen molar-refractivity contribution in [1.29, 1.82) is 0 Å². The first-order valence-corrected chi connectivity index (χ1v) is 8.67. The van der Waals surface area contributed by atoms with E-state index in [2.05, 4.69) is 20.8 Å². The second-order valence-electron chi connectivity index (χ2n) is 6.80. The Bertz CT molecular complexity index is 725. The summed E-state index contributed by atoms with van der Waals surface area (Å²) in [6.07, 6.45) is 2.87. The molecule has 0 spiro atoms. The quantitative estimate of drug-likeness (QED) is 0.903. The molecule has 1 aliphatic heterocycles. The second kappa shape index (κ2) is 6.36. The highest BCUT2D eigenvalue weighted by atomic mass is 16.5. The van der Waals surface area contributed by atoms with Crippen LogP contribution in [0.15, 0.2) is 28.8 Å². The van der Waals surface area contributed by atoms with Gasteiger partial charge in [-0.05, 0) is 62.0 Å². The number of rotatable bonds is 4. The van der Waals surface area contributed by atoms with Gasteiger partial charge in [-0.1, -0.05) is 12.1 Å². The standard InChI is InChI=1S/C18H22N4O2/c1-2-16(23)20-14-5-3-12(4-6-14)17-21-18(24-22-17)15-8-11-7-13(15)10-19-9-11/h3-6,11,13,15,19H,2,7-10H2,1H3,(H,20,23). The fourth-order valence-corrected chi connectivity index (χ4v) is 3.86. The number of nitrogens with one attached hydrogen (secondary N) is 2. The van der Waals surface area contributed by atoms with Crippen molar-refractivity contribution in [2.75, 3.05) is 18.4 Å². The van der Waals surface area contributed by atoms with Gasteiger partial charge in [-0.15, -0.1) is 0 Å². The van der Waals surface area contributed by atoms with E-state index in [1.807, 2.05) is 31.2 Å². The van der Waals surface area contributed by atoms with E-state index >= 15 is 0 Å². The van der Waals surface area contributed by atoms with E-state index in [-0.39, 0.29) is 5.91 Å². The first-order valence-electron chi connectivity index (χ1n) is 8.67. The van der Waals surface area contributed by atoms with Crippen molar-refractivity contribution >= 4 is 11.6 Å². The Balaban J connectivity index is 1.49. The minimum absolute atomic E-state index is 0.00515. The van der Waals surface area contributed by atoms with Crippen LogP contribution in [-0.4, -0.2) is 29.1 Å². The summed E-state index contributed by atoms with van der Waals surface area (Å²) in [5.41, 5.74) is 1.68. The number of nitrogens with zero attached hydrogens (tertiary/aromatic N) is 2. The molecule has 2 aliphatic rings. The first-order chi connectivity index (χ1) is 11.7. The first kappa shape index (κ1) is 15.3. The molecule has 24 heavy (non-hydrogen) atoms. The number of carbonyl (C=O) groups is 1. The third kappa shape index (κ3) is 2.94. The summed E-state index contributed by atoms with van der Waals surface area (Å²) in [5.74, 6) is 3.13. The lowest BCUT2D eigenvalue weighted by molar-refractivity contribution is -0.115. The topological polar surface area (TPSA) is 80.0 Å². The Morgan fingerprint density at radius 2 is 2.12 bits per heavy atom. The molecule has 6 nitrogen and oxygen atoms in total. The molecule has 3 unspecified atom stereocenters. The summed E-state index contributed by atoms with van der Waals surface area (Å²) in [7, 11) is 0. The molecule has 2 N–H and O–H groups in total. The van der Waals surface area contributed by atoms with Gasteiger partial charge in [0.05, 0.1) is 0 Å². The Morgan fingerprint density at radius 3 is 2.88 bits per heavy atom. The maximum atomic E-state index is 11.4. The van der Waals surface area contributed by atoms with Gasteiger partial charge in [-0.3, -0.25) is 4.79 Å². The summed E-state index contributed by atoms with van der Waals surface area (Å²) in [5, 5.41) is 10.5. The molecule has 2 fully saturated rings. The molecule has 3 atom stereocenters. The second-order valence-corrected chi connectivity index (χ2v) is 6.80. The number of fused-ring (bicyclic) bond motifs is 2. The summed E-state index contributed by atoms with van der Waals surface area (Å²) in [6, 6.07) is 7.56. The third-order valence-electron chi connectivity index (χ3n) is 5.14. The molecular formula is C18H22N4O2. The number of aromatic nitrogens is 2. The average Bonchev–Trinajstić information content (AvgIpc) is 3.20. The molecule has 2 heterocycles. The van der Waals surface area contributed by atoms with Gasteiger partial charge in [0.25, 0.3) is 0 Å². The van der Waals surface area contributed by atoms with Crippen LogP contribution in [0.4, 0.5) is 5.69 Å². The van der Waals surface area contributed by atoms with Gasteiger partial charge in [0.15, 0.2) is 0 Å². The van der Waals surface area contributed by atoms with E-state index in [0.29, 0.717) is 24.1 Å². The highest BCUT2D eigenvalue weighted by Gasteiger charge is 2.40. The maximum absolute atomic E-state index is 11.4. The minimum Gasteiger partial charge on any atom is -0.339 e. The van der Waals surface area contributed by atoms with E-state index in [9.17, 15) is 4.79 Å². The summed E-state index contributed by atoms with van der Waals surface area (Å²) >= 11 is 0. The van der Waals surface area contributed by atoms with Gasteiger partial charge in [0.2, 0.25) is 17.6 Å². The largest absolute Gasteiger partial charge is 0.339 e. The molecule has 2 bridgehead atoms. The number of anilines is 1. The van der Waals surface area contributed by atoms with Crippen molar-refractivity contribution in [3.05, 3.63) is 30.2 Å². The molecule has 4 rings (SSSR count). The Labute approximate surface area is 141 Å². The summed E-state index contributed by atoms with van der Waals surface area (Å²) in [6.45, 7) is 3.99. The highest BCUT2D eigenvalue weighted by molar-refractivity contribution is 5.90. The summed E-state index contributed by atoms with van der Waals surface area (Å²) in [4.78, 5) is 16.1. The SMILES string of the molecule is CCC(=O)Nc1ccc(-c2noc(C3CC4CNCC3C4)n2)cc1. The summed E-state index contributed by atoms with van der Waals surface area (Å²) < 4.78 is 5.56. The number of amides is 1. The Kier molecular flexibility index (Phi) is 4.06. The van der Waals surface area contributed by atoms with E-state index in [4.69, 9.17) is 4.52 Å². The zero-order valence-corrected chi connectivity index (χ0v) is 13.8. The molecule has 1 saturated heterocycles. The van der Waals surface area contributed by atoms with Crippen LogP contribution in [-0.2, 0) is 4.79 Å². The van der Waals surface area contributed by atoms with Crippen molar-refractivity contribution in [1.82, 2.24) is 15.5 Å². The van der Waals surface area contributed by atoms with Gasteiger partial charge in [-0.25, -0.2) is 0 Å². The number of benzene rings is 1. The third-order valence-corrected chi connectivity index (χ3v) is 5.14. The van der Waals surface area contributed by atoms with Crippen LogP contribution in [0, 0.1) is 11.8 Å². The van der Waals surface area contributed by atoms with Crippen LogP contribution in [0.3, 0.4) is 0 Å². The monoisotopic (exact) mass is 326 g/mol. The van der Waals surface area contributed by atoms with Gasteiger partial charge in [0, 0.05) is 23.6 Å². The molecule has 1 amide bonds. The molecular weight excluding hydrogens is 304 g/mol. The van der Waals surface area contributed by atoms with Crippen molar-refractivity contribution < 1.29 is 9.32 Å². The lowest BCUT2D eigenvalue weighted by atomic mass is 9.95. The van der Waals surface area contributed by atoms with Crippen LogP contribution in [0.2, 0.25) is 0 Å². The van der Waals surface area contributed by atoms with Gasteiger partial charge >= 0.3 is 0 Å². The van der Waals surface area contributed by atoms with E-state index in [1.54, 1.807) is 0 Å². The van der Waals surface area contributed by atoms with E-state index in [0.717, 1.165) is 42.6 Å². The molecule has 2 aromatic rings. The molecule has 1 saturated carbocycles. The van der Waals surface area contributed by atoms with Gasteiger partial charge < -0.3 is 15.2 Å². The van der Waals surface area contributed by atoms with Gasteiger partial charge in [0.1, 0.15) is 0 Å². The van der Waals surface area contributed by atoms with Crippen molar-refractivity contribution in [3.63, 3.8) is 0 Å². The zero-order valence-electron chi connectivity index (χ0n) is 13.8. The fourth-order valence-electron chi connectivity index (χ4n) is 3.86. The molecule has 1 aromatic heterocycles. The minimum atomic E-state index is 0.00515. The zero-order chi connectivity index (χ0) is 16.5. The maximum Gasteiger partial charge on any atom is 0.230 e. The van der Waals surface area contributed by atoms with E-state index < -0.39 is 0 Å². The fraction of sp³-hybridized carbons (Fsp3) is 0.500. The predicted molar refractivity (Wildman–Crippen MR) is 90.5 cm³/mol. The highest BCUT2D eigenvalue weighted by Crippen LogP contribution is 2.44.